The van der Waals surface area contributed by atoms with Crippen LogP contribution in [0, 0.1) is 0 Å². The van der Waals surface area contributed by atoms with E-state index in [0.29, 0.717) is 36.9 Å². The standard InChI is InChI=1S/C19H24N6O4/c1-3-13-15(17(27)28)21-19(29-13)23-18-20-10-12-16(22-18)25(11-6-4-5-7-11)9-8-14(26)24(12)2/h10-11H,3-9H2,1-2H3,(H,27,28)(H,20,21,22,23). The first-order valence-corrected chi connectivity index (χ1v) is 9.88. The number of amides is 1. The lowest BCUT2D eigenvalue weighted by molar-refractivity contribution is -0.118. The molecule has 4 rings (SSSR count). The predicted octanol–water partition coefficient (Wildman–Crippen LogP) is 2.58. The van der Waals surface area contributed by atoms with Gasteiger partial charge in [0.2, 0.25) is 11.9 Å². The van der Waals surface area contributed by atoms with Gasteiger partial charge in [-0.05, 0) is 12.8 Å². The Morgan fingerprint density at radius 1 is 1.34 bits per heavy atom. The third-order valence-electron chi connectivity index (χ3n) is 5.53. The lowest BCUT2D eigenvalue weighted by atomic mass is 10.2. The summed E-state index contributed by atoms with van der Waals surface area (Å²) in [5.74, 6) is 0.114. The molecule has 1 amide bonds. The van der Waals surface area contributed by atoms with Gasteiger partial charge in [-0.15, -0.1) is 0 Å². The Bertz CT molecular complexity index is 937. The fraction of sp³-hybridized carbons (Fsp3) is 0.526. The number of oxazole rings is 1. The summed E-state index contributed by atoms with van der Waals surface area (Å²) < 4.78 is 5.50. The Balaban J connectivity index is 1.68. The Morgan fingerprint density at radius 2 is 2.10 bits per heavy atom. The van der Waals surface area contributed by atoms with Crippen molar-refractivity contribution in [1.82, 2.24) is 15.0 Å². The Morgan fingerprint density at radius 3 is 2.76 bits per heavy atom. The van der Waals surface area contributed by atoms with Crippen molar-refractivity contribution >= 4 is 35.3 Å². The summed E-state index contributed by atoms with van der Waals surface area (Å²) in [4.78, 5) is 40.4. The number of nitrogens with zero attached hydrogens (tertiary/aromatic N) is 5. The van der Waals surface area contributed by atoms with Crippen molar-refractivity contribution in [1.29, 1.82) is 0 Å². The van der Waals surface area contributed by atoms with Gasteiger partial charge >= 0.3 is 12.0 Å². The molecular weight excluding hydrogens is 376 g/mol. The zero-order valence-electron chi connectivity index (χ0n) is 16.5. The van der Waals surface area contributed by atoms with Crippen molar-refractivity contribution in [2.24, 2.45) is 0 Å². The molecule has 2 aromatic rings. The van der Waals surface area contributed by atoms with Crippen LogP contribution < -0.4 is 15.1 Å². The second-order valence-corrected chi connectivity index (χ2v) is 7.31. The van der Waals surface area contributed by atoms with E-state index < -0.39 is 5.97 Å². The number of carbonyl (C=O) groups is 2. The summed E-state index contributed by atoms with van der Waals surface area (Å²) in [5.41, 5.74) is 0.542. The highest BCUT2D eigenvalue weighted by Crippen LogP contribution is 2.36. The average molecular weight is 400 g/mol. The summed E-state index contributed by atoms with van der Waals surface area (Å²) >= 11 is 0. The maximum absolute atomic E-state index is 12.4. The van der Waals surface area contributed by atoms with E-state index in [1.54, 1.807) is 25.1 Å². The van der Waals surface area contributed by atoms with Gasteiger partial charge in [-0.3, -0.25) is 10.1 Å². The van der Waals surface area contributed by atoms with Crippen LogP contribution in [0.3, 0.4) is 0 Å². The van der Waals surface area contributed by atoms with Gasteiger partial charge in [-0.25, -0.2) is 9.78 Å². The van der Waals surface area contributed by atoms with Crippen LogP contribution in [0.25, 0.3) is 0 Å². The van der Waals surface area contributed by atoms with Crippen LogP contribution in [0.4, 0.5) is 23.5 Å². The molecule has 0 atom stereocenters. The summed E-state index contributed by atoms with van der Waals surface area (Å²) in [6, 6.07) is 0.382. The first kappa shape index (κ1) is 19.2. The van der Waals surface area contributed by atoms with Crippen molar-refractivity contribution in [3.8, 4) is 0 Å². The average Bonchev–Trinajstić information content (AvgIpc) is 3.35. The highest BCUT2D eigenvalue weighted by atomic mass is 16.4. The maximum Gasteiger partial charge on any atom is 0.358 e. The van der Waals surface area contributed by atoms with E-state index in [0.717, 1.165) is 12.8 Å². The molecule has 0 bridgehead atoms. The van der Waals surface area contributed by atoms with Gasteiger partial charge in [-0.1, -0.05) is 19.8 Å². The first-order chi connectivity index (χ1) is 14.0. The van der Waals surface area contributed by atoms with Gasteiger partial charge < -0.3 is 19.3 Å². The Kier molecular flexibility index (Phi) is 5.08. The number of aryl methyl sites for hydroxylation is 1. The fourth-order valence-electron chi connectivity index (χ4n) is 3.98. The van der Waals surface area contributed by atoms with Gasteiger partial charge in [0.05, 0.1) is 6.20 Å². The Labute approximate surface area is 167 Å². The zero-order valence-corrected chi connectivity index (χ0v) is 16.5. The van der Waals surface area contributed by atoms with Crippen LogP contribution in [0.15, 0.2) is 10.6 Å². The molecule has 154 valence electrons. The molecule has 10 heteroatoms. The second kappa shape index (κ2) is 7.69. The quantitative estimate of drug-likeness (QED) is 0.779. The maximum atomic E-state index is 12.4. The summed E-state index contributed by atoms with van der Waals surface area (Å²) in [6.07, 6.45) is 6.93. The molecule has 10 nitrogen and oxygen atoms in total. The Hall–Kier alpha value is -3.17. The molecule has 0 aromatic carbocycles. The van der Waals surface area contributed by atoms with E-state index in [-0.39, 0.29) is 29.3 Å². The van der Waals surface area contributed by atoms with E-state index in [9.17, 15) is 14.7 Å². The molecule has 29 heavy (non-hydrogen) atoms. The number of hydrogen-bond acceptors (Lipinski definition) is 8. The van der Waals surface area contributed by atoms with Crippen LogP contribution in [-0.2, 0) is 11.2 Å². The molecule has 0 spiro atoms. The van der Waals surface area contributed by atoms with Gasteiger partial charge in [0.15, 0.2) is 11.5 Å². The van der Waals surface area contributed by atoms with Crippen molar-refractivity contribution in [3.63, 3.8) is 0 Å². The zero-order chi connectivity index (χ0) is 20.5. The number of aromatic nitrogens is 3. The summed E-state index contributed by atoms with van der Waals surface area (Å²) in [6.45, 7) is 2.40. The number of carbonyl (C=O) groups excluding carboxylic acids is 1. The molecule has 0 saturated heterocycles. The van der Waals surface area contributed by atoms with Gasteiger partial charge in [-0.2, -0.15) is 9.97 Å². The minimum absolute atomic E-state index is 0.0300. The minimum Gasteiger partial charge on any atom is -0.476 e. The van der Waals surface area contributed by atoms with E-state index in [1.807, 2.05) is 0 Å². The molecule has 2 aliphatic rings. The normalized spacial score (nSPS) is 17.4. The van der Waals surface area contributed by atoms with Crippen LogP contribution in [0.5, 0.6) is 0 Å². The second-order valence-electron chi connectivity index (χ2n) is 7.31. The third-order valence-corrected chi connectivity index (χ3v) is 5.53. The van der Waals surface area contributed by atoms with Crippen molar-refractivity contribution < 1.29 is 19.1 Å². The molecule has 2 aromatic heterocycles. The number of rotatable bonds is 5. The number of carboxylic acid groups (broad SMARTS) is 1. The first-order valence-electron chi connectivity index (χ1n) is 9.88. The smallest absolute Gasteiger partial charge is 0.358 e. The molecule has 2 N–H and O–H groups in total. The lowest BCUT2D eigenvalue weighted by Crippen LogP contribution is -2.34. The SMILES string of the molecule is CCc1oc(Nc2ncc3c(n2)N(C2CCCC2)CCC(=O)N3C)nc1C(=O)O. The predicted molar refractivity (Wildman–Crippen MR) is 106 cm³/mol. The summed E-state index contributed by atoms with van der Waals surface area (Å²) in [7, 11) is 1.73. The van der Waals surface area contributed by atoms with Crippen LogP contribution in [-0.4, -0.2) is 51.6 Å². The lowest BCUT2D eigenvalue weighted by Gasteiger charge is -2.29. The number of carboxylic acids is 1. The molecule has 1 aliphatic heterocycles. The molecule has 1 fully saturated rings. The largest absolute Gasteiger partial charge is 0.476 e. The van der Waals surface area contributed by atoms with Crippen molar-refractivity contribution in [2.75, 3.05) is 28.7 Å². The fourth-order valence-corrected chi connectivity index (χ4v) is 3.98. The van der Waals surface area contributed by atoms with Crippen molar-refractivity contribution in [2.45, 2.75) is 51.5 Å². The number of anilines is 4. The van der Waals surface area contributed by atoms with Crippen LogP contribution >= 0.6 is 0 Å². The monoisotopic (exact) mass is 400 g/mol. The molecule has 0 unspecified atom stereocenters. The van der Waals surface area contributed by atoms with Crippen LogP contribution in [0.1, 0.15) is 55.3 Å². The molecule has 1 saturated carbocycles. The summed E-state index contributed by atoms with van der Waals surface area (Å²) in [5, 5.41) is 12.1. The number of fused-ring (bicyclic) bond motifs is 1. The molecule has 1 aliphatic carbocycles. The number of aromatic carboxylic acids is 1. The third kappa shape index (κ3) is 3.62. The molecule has 0 radical (unpaired) electrons. The van der Waals surface area contributed by atoms with E-state index in [4.69, 9.17) is 4.42 Å². The molecule has 3 heterocycles. The number of nitrogens with one attached hydrogen (secondary N) is 1. The highest BCUT2D eigenvalue weighted by Gasteiger charge is 2.31. The van der Waals surface area contributed by atoms with Crippen molar-refractivity contribution in [3.05, 3.63) is 17.7 Å². The molecular formula is C19H24N6O4. The van der Waals surface area contributed by atoms with Gasteiger partial charge in [0, 0.05) is 32.5 Å². The number of hydrogen-bond donors (Lipinski definition) is 2. The highest BCUT2D eigenvalue weighted by molar-refractivity contribution is 5.97. The van der Waals surface area contributed by atoms with E-state index >= 15 is 0 Å². The topological polar surface area (TPSA) is 125 Å². The van der Waals surface area contributed by atoms with E-state index in [1.165, 1.54) is 12.8 Å². The van der Waals surface area contributed by atoms with Gasteiger partial charge in [0.25, 0.3) is 0 Å². The van der Waals surface area contributed by atoms with E-state index in [2.05, 4.69) is 25.2 Å². The minimum atomic E-state index is -1.14. The van der Waals surface area contributed by atoms with Gasteiger partial charge in [0.1, 0.15) is 11.4 Å². The van der Waals surface area contributed by atoms with Crippen LogP contribution in [0.2, 0.25) is 0 Å².